The lowest BCUT2D eigenvalue weighted by Gasteiger charge is -2.33. The zero-order chi connectivity index (χ0) is 30.7. The summed E-state index contributed by atoms with van der Waals surface area (Å²) in [4.78, 5) is 16.1. The van der Waals surface area contributed by atoms with Gasteiger partial charge < -0.3 is 10.4 Å². The van der Waals surface area contributed by atoms with Crippen LogP contribution in [0.2, 0.25) is 5.02 Å². The number of hydrogen-bond acceptors (Lipinski definition) is 4. The molecular formula is C36H34ClFN4O2. The van der Waals surface area contributed by atoms with E-state index < -0.39 is 23.5 Å². The molecule has 8 heteroatoms. The summed E-state index contributed by atoms with van der Waals surface area (Å²) in [5.74, 6) is -1.12. The van der Waals surface area contributed by atoms with Crippen LogP contribution < -0.4 is 5.32 Å². The number of nitrogens with zero attached hydrogens (tertiary/aromatic N) is 2. The summed E-state index contributed by atoms with van der Waals surface area (Å²) in [6, 6.07) is 33.0. The van der Waals surface area contributed by atoms with Gasteiger partial charge in [0.25, 0.3) is 0 Å². The summed E-state index contributed by atoms with van der Waals surface area (Å²) >= 11 is 6.11. The second kappa shape index (κ2) is 12.7. The number of likely N-dealkylation sites (tertiary alicyclic amines) is 1. The van der Waals surface area contributed by atoms with Gasteiger partial charge in [0, 0.05) is 41.6 Å². The largest absolute Gasteiger partial charge is 0.390 e. The van der Waals surface area contributed by atoms with E-state index in [0.717, 1.165) is 27.9 Å². The number of rotatable bonds is 9. The summed E-state index contributed by atoms with van der Waals surface area (Å²) in [6.07, 6.45) is 0.685. The maximum absolute atomic E-state index is 14.3. The Hall–Kier alpha value is -4.30. The van der Waals surface area contributed by atoms with Gasteiger partial charge in [0.05, 0.1) is 18.0 Å². The number of aliphatic hydroxyl groups excluding tert-OH is 1. The van der Waals surface area contributed by atoms with Gasteiger partial charge in [0.15, 0.2) is 0 Å². The van der Waals surface area contributed by atoms with Crippen LogP contribution in [0, 0.1) is 5.82 Å². The van der Waals surface area contributed by atoms with Gasteiger partial charge in [-0.25, -0.2) is 4.39 Å². The highest BCUT2D eigenvalue weighted by Crippen LogP contribution is 2.36. The number of carbonyl (C=O) groups excluding carboxylic acids is 1. The van der Waals surface area contributed by atoms with Crippen LogP contribution in [0.5, 0.6) is 0 Å². The topological polar surface area (TPSA) is 81.2 Å². The van der Waals surface area contributed by atoms with Gasteiger partial charge in [0.1, 0.15) is 11.9 Å². The number of aromatic amines is 1. The third kappa shape index (κ3) is 6.04. The van der Waals surface area contributed by atoms with Gasteiger partial charge in [-0.15, -0.1) is 0 Å². The molecule has 44 heavy (non-hydrogen) atoms. The van der Waals surface area contributed by atoms with Crippen molar-refractivity contribution in [3.8, 4) is 11.3 Å². The Morgan fingerprint density at radius 1 is 1.00 bits per heavy atom. The van der Waals surface area contributed by atoms with E-state index >= 15 is 0 Å². The van der Waals surface area contributed by atoms with Crippen molar-refractivity contribution in [3.63, 3.8) is 0 Å². The van der Waals surface area contributed by atoms with Gasteiger partial charge in [-0.05, 0) is 53.4 Å². The number of halogens is 2. The average Bonchev–Trinajstić information content (AvgIpc) is 3.65. The van der Waals surface area contributed by atoms with Crippen molar-refractivity contribution < 1.29 is 14.3 Å². The number of nitrogens with one attached hydrogen (secondary N) is 2. The van der Waals surface area contributed by atoms with E-state index in [0.29, 0.717) is 30.2 Å². The molecule has 1 aliphatic heterocycles. The molecule has 6 rings (SSSR count). The highest BCUT2D eigenvalue weighted by molar-refractivity contribution is 6.30. The first-order chi connectivity index (χ1) is 21.3. The Bertz CT molecular complexity index is 1670. The van der Waals surface area contributed by atoms with Crippen molar-refractivity contribution in [1.29, 1.82) is 0 Å². The Balaban J connectivity index is 1.30. The van der Waals surface area contributed by atoms with E-state index in [2.05, 4.69) is 46.7 Å². The molecule has 0 saturated carbocycles. The second-order valence-corrected chi connectivity index (χ2v) is 12.0. The summed E-state index contributed by atoms with van der Waals surface area (Å²) in [5, 5.41) is 22.8. The minimum absolute atomic E-state index is 0.286. The predicted octanol–water partition coefficient (Wildman–Crippen LogP) is 6.32. The SMILES string of the molecule is CC(CNC(=O)[C@@H]1[C@H](O)[C@@H](c2cccc(F)c2)CN1Cc1cn[nH]c1-c1ccc(Cl)cc1)(c1ccccc1)c1ccccc1. The number of aromatic nitrogens is 2. The smallest absolute Gasteiger partial charge is 0.240 e. The summed E-state index contributed by atoms with van der Waals surface area (Å²) in [5.41, 5.74) is 4.87. The van der Waals surface area contributed by atoms with Crippen molar-refractivity contribution in [2.75, 3.05) is 13.1 Å². The zero-order valence-electron chi connectivity index (χ0n) is 24.3. The Morgan fingerprint density at radius 3 is 2.30 bits per heavy atom. The fourth-order valence-electron chi connectivity index (χ4n) is 6.30. The number of amides is 1. The molecule has 3 N–H and O–H groups in total. The standard InChI is InChI=1S/C36H34ClFN4O2/c1-36(27-10-4-2-5-11-27,28-12-6-3-7-13-28)23-39-35(44)33-34(43)31(25-9-8-14-30(38)19-25)22-42(33)21-26-20-40-41-32(26)24-15-17-29(37)18-16-24/h2-20,31,33-34,43H,21-23H2,1H3,(H,39,44)(H,40,41)/t31-,33+,34-/m1/s1. The number of benzene rings is 4. The molecule has 1 amide bonds. The zero-order valence-corrected chi connectivity index (χ0v) is 25.1. The molecule has 1 aliphatic rings. The Morgan fingerprint density at radius 2 is 1.66 bits per heavy atom. The minimum atomic E-state index is -1.05. The molecule has 0 bridgehead atoms. The molecule has 0 spiro atoms. The van der Waals surface area contributed by atoms with Gasteiger partial charge in [-0.2, -0.15) is 5.10 Å². The van der Waals surface area contributed by atoms with Crippen LogP contribution in [0.3, 0.4) is 0 Å². The van der Waals surface area contributed by atoms with E-state index in [1.807, 2.05) is 65.6 Å². The van der Waals surface area contributed by atoms with E-state index in [1.165, 1.54) is 12.1 Å². The van der Waals surface area contributed by atoms with Crippen LogP contribution in [-0.4, -0.2) is 51.3 Å². The Kier molecular flexibility index (Phi) is 8.62. The molecule has 4 aromatic carbocycles. The third-order valence-electron chi connectivity index (χ3n) is 8.77. The maximum atomic E-state index is 14.3. The van der Waals surface area contributed by atoms with Crippen LogP contribution in [0.15, 0.2) is 115 Å². The summed E-state index contributed by atoms with van der Waals surface area (Å²) in [6.45, 7) is 3.15. The van der Waals surface area contributed by atoms with Crippen molar-refractivity contribution in [3.05, 3.63) is 148 Å². The fraction of sp³-hybridized carbons (Fsp3) is 0.222. The quantitative estimate of drug-likeness (QED) is 0.183. The highest BCUT2D eigenvalue weighted by Gasteiger charge is 2.46. The molecule has 0 radical (unpaired) electrons. The molecule has 0 unspecified atom stereocenters. The molecule has 3 atom stereocenters. The first kappa shape index (κ1) is 29.8. The summed E-state index contributed by atoms with van der Waals surface area (Å²) < 4.78 is 14.3. The molecule has 0 aliphatic carbocycles. The summed E-state index contributed by atoms with van der Waals surface area (Å²) in [7, 11) is 0. The molecular weight excluding hydrogens is 575 g/mol. The number of H-pyrrole nitrogens is 1. The van der Waals surface area contributed by atoms with E-state index in [4.69, 9.17) is 11.6 Å². The third-order valence-corrected chi connectivity index (χ3v) is 9.02. The van der Waals surface area contributed by atoms with Crippen LogP contribution in [0.4, 0.5) is 4.39 Å². The normalized spacial score (nSPS) is 18.8. The molecule has 1 fully saturated rings. The van der Waals surface area contributed by atoms with Gasteiger partial charge in [-0.1, -0.05) is 96.5 Å². The molecule has 1 aromatic heterocycles. The van der Waals surface area contributed by atoms with E-state index in [-0.39, 0.29) is 11.7 Å². The lowest BCUT2D eigenvalue weighted by atomic mass is 9.76. The van der Waals surface area contributed by atoms with Gasteiger partial charge >= 0.3 is 0 Å². The van der Waals surface area contributed by atoms with Crippen molar-refractivity contribution in [2.24, 2.45) is 0 Å². The van der Waals surface area contributed by atoms with Crippen molar-refractivity contribution in [1.82, 2.24) is 20.4 Å². The number of carbonyl (C=O) groups is 1. The first-order valence-electron chi connectivity index (χ1n) is 14.7. The first-order valence-corrected chi connectivity index (χ1v) is 15.1. The minimum Gasteiger partial charge on any atom is -0.390 e. The molecule has 224 valence electrons. The fourth-order valence-corrected chi connectivity index (χ4v) is 6.43. The molecule has 1 saturated heterocycles. The van der Waals surface area contributed by atoms with Gasteiger partial charge in [-0.3, -0.25) is 14.8 Å². The van der Waals surface area contributed by atoms with Gasteiger partial charge in [0.2, 0.25) is 5.91 Å². The highest BCUT2D eigenvalue weighted by atomic mass is 35.5. The molecule has 5 aromatic rings. The molecule has 2 heterocycles. The van der Waals surface area contributed by atoms with E-state index in [9.17, 15) is 14.3 Å². The number of aliphatic hydroxyl groups is 1. The lowest BCUT2D eigenvalue weighted by Crippen LogP contribution is -2.51. The monoisotopic (exact) mass is 608 g/mol. The molecule has 6 nitrogen and oxygen atoms in total. The van der Waals surface area contributed by atoms with Crippen LogP contribution >= 0.6 is 11.6 Å². The van der Waals surface area contributed by atoms with Crippen LogP contribution in [-0.2, 0) is 16.8 Å². The second-order valence-electron chi connectivity index (χ2n) is 11.6. The predicted molar refractivity (Wildman–Crippen MR) is 171 cm³/mol. The Labute approximate surface area is 261 Å². The van der Waals surface area contributed by atoms with Crippen molar-refractivity contribution >= 4 is 17.5 Å². The number of hydrogen-bond donors (Lipinski definition) is 3. The van der Waals surface area contributed by atoms with Crippen LogP contribution in [0.25, 0.3) is 11.3 Å². The maximum Gasteiger partial charge on any atom is 0.240 e. The van der Waals surface area contributed by atoms with Crippen molar-refractivity contribution in [2.45, 2.75) is 36.9 Å². The lowest BCUT2D eigenvalue weighted by molar-refractivity contribution is -0.128. The average molecular weight is 609 g/mol. The van der Waals surface area contributed by atoms with Crippen LogP contribution in [0.1, 0.15) is 35.1 Å². The van der Waals surface area contributed by atoms with E-state index in [1.54, 1.807) is 18.3 Å².